The molecule has 0 saturated carbocycles. The van der Waals surface area contributed by atoms with Gasteiger partial charge >= 0.3 is 0 Å². The summed E-state index contributed by atoms with van der Waals surface area (Å²) in [7, 11) is 0. The molecule has 47 heavy (non-hydrogen) atoms. The van der Waals surface area contributed by atoms with Crippen LogP contribution in [0.1, 0.15) is 103 Å². The maximum atomic E-state index is 5.56. The summed E-state index contributed by atoms with van der Waals surface area (Å²) < 4.78 is 2.65. The Labute approximate surface area is 277 Å². The van der Waals surface area contributed by atoms with Crippen molar-refractivity contribution < 1.29 is 0 Å². The fourth-order valence-electron chi connectivity index (χ4n) is 9.65. The van der Waals surface area contributed by atoms with Gasteiger partial charge in [0.1, 0.15) is 0 Å². The maximum Gasteiger partial charge on any atom is 0.231 e. The van der Waals surface area contributed by atoms with Crippen molar-refractivity contribution in [3.05, 3.63) is 130 Å². The van der Waals surface area contributed by atoms with Gasteiger partial charge in [0.15, 0.2) is 0 Å². The topological polar surface area (TPSA) is 34.0 Å². The van der Waals surface area contributed by atoms with Gasteiger partial charge in [-0.3, -0.25) is 0 Å². The Hall–Kier alpha value is -4.70. The number of benzene rings is 3. The van der Waals surface area contributed by atoms with Crippen LogP contribution in [-0.4, -0.2) is 14.5 Å². The van der Waals surface area contributed by atoms with E-state index < -0.39 is 0 Å². The Kier molecular flexibility index (Phi) is 6.22. The standard InChI is InChI=1S/C43H40N4/c1-27-13-12-16-28-23-26-37-39(38(27)28)34-25-24-32-31-19-9-11-22-36(31)46(30-17-6-3-7-18-30)41(32)42(34)47(37)43-44-35-21-10-8-20-33(35)40(45-43)29-14-4-2-5-15-29/h2-6,8-9,11,14-15,17,19-20,22-23,26-27,34,42H,7,10,12-13,16,18,21,24-25H2,1H3. The van der Waals surface area contributed by atoms with Crippen molar-refractivity contribution >= 4 is 34.3 Å². The van der Waals surface area contributed by atoms with Crippen LogP contribution in [0.15, 0.2) is 91.0 Å². The molecule has 0 saturated heterocycles. The molecule has 1 aliphatic heterocycles. The Bertz CT molecular complexity index is 2160. The summed E-state index contributed by atoms with van der Waals surface area (Å²) in [5.41, 5.74) is 16.4. The average Bonchev–Trinajstić information content (AvgIpc) is 3.65. The molecule has 0 fully saturated rings. The molecular weight excluding hydrogens is 573 g/mol. The third kappa shape index (κ3) is 4.06. The number of aryl methyl sites for hydroxylation is 3. The highest BCUT2D eigenvalue weighted by molar-refractivity contribution is 5.91. The molecule has 232 valence electrons. The van der Waals surface area contributed by atoms with Gasteiger partial charge in [-0.1, -0.05) is 85.8 Å². The van der Waals surface area contributed by atoms with Crippen LogP contribution in [0, 0.1) is 0 Å². The fourth-order valence-corrected chi connectivity index (χ4v) is 9.65. The Morgan fingerprint density at radius 3 is 2.55 bits per heavy atom. The van der Waals surface area contributed by atoms with Crippen molar-refractivity contribution in [3.63, 3.8) is 0 Å². The third-order valence-corrected chi connectivity index (χ3v) is 11.6. The molecule has 3 unspecified atom stereocenters. The first kappa shape index (κ1) is 27.4. The van der Waals surface area contributed by atoms with E-state index in [2.05, 4.69) is 114 Å². The minimum absolute atomic E-state index is 0.134. The molecule has 3 atom stereocenters. The van der Waals surface area contributed by atoms with E-state index in [4.69, 9.17) is 9.97 Å². The highest BCUT2D eigenvalue weighted by atomic mass is 15.3. The summed E-state index contributed by atoms with van der Waals surface area (Å²) in [5.74, 6) is 1.83. The van der Waals surface area contributed by atoms with E-state index in [-0.39, 0.29) is 6.04 Å². The van der Waals surface area contributed by atoms with E-state index >= 15 is 0 Å². The zero-order valence-corrected chi connectivity index (χ0v) is 27.1. The zero-order chi connectivity index (χ0) is 31.1. The summed E-state index contributed by atoms with van der Waals surface area (Å²) in [6, 6.07) is 24.9. The predicted octanol–water partition coefficient (Wildman–Crippen LogP) is 10.6. The maximum absolute atomic E-state index is 5.56. The van der Waals surface area contributed by atoms with Crippen LogP contribution < -0.4 is 4.90 Å². The predicted molar refractivity (Wildman–Crippen MR) is 193 cm³/mol. The van der Waals surface area contributed by atoms with E-state index in [1.54, 1.807) is 16.7 Å². The molecule has 3 aromatic carbocycles. The molecule has 3 heterocycles. The summed E-state index contributed by atoms with van der Waals surface area (Å²) in [6.07, 6.45) is 21.5. The lowest BCUT2D eigenvalue weighted by atomic mass is 9.74. The second-order valence-corrected chi connectivity index (χ2v) is 14.2. The van der Waals surface area contributed by atoms with Gasteiger partial charge in [-0.25, -0.2) is 9.97 Å². The van der Waals surface area contributed by atoms with Crippen molar-refractivity contribution in [2.24, 2.45) is 0 Å². The number of nitrogens with zero attached hydrogens (tertiary/aromatic N) is 4. The number of para-hydroxylation sites is 1. The van der Waals surface area contributed by atoms with Crippen LogP contribution in [0.5, 0.6) is 0 Å². The lowest BCUT2D eigenvalue weighted by Crippen LogP contribution is -2.30. The highest BCUT2D eigenvalue weighted by Crippen LogP contribution is 2.61. The van der Waals surface area contributed by atoms with Gasteiger partial charge in [0.25, 0.3) is 0 Å². The molecule has 0 bridgehead atoms. The van der Waals surface area contributed by atoms with Gasteiger partial charge in [-0.2, -0.15) is 0 Å². The Morgan fingerprint density at radius 1 is 0.787 bits per heavy atom. The summed E-state index contributed by atoms with van der Waals surface area (Å²) in [4.78, 5) is 13.7. The molecule has 4 nitrogen and oxygen atoms in total. The molecule has 5 aromatic rings. The zero-order valence-electron chi connectivity index (χ0n) is 27.1. The average molecular weight is 613 g/mol. The quantitative estimate of drug-likeness (QED) is 0.203. The molecule has 0 N–H and O–H groups in total. The molecule has 5 aliphatic rings. The van der Waals surface area contributed by atoms with E-state index in [9.17, 15) is 0 Å². The molecule has 0 amide bonds. The highest BCUT2D eigenvalue weighted by Gasteiger charge is 2.49. The summed E-state index contributed by atoms with van der Waals surface area (Å²) in [5, 5.41) is 1.41. The van der Waals surface area contributed by atoms with Gasteiger partial charge < -0.3 is 9.47 Å². The number of rotatable bonds is 3. The fraction of sp³-hybridized carbons (Fsp3) is 0.302. The van der Waals surface area contributed by atoms with Gasteiger partial charge in [-0.15, -0.1) is 0 Å². The Balaban J connectivity index is 1.28. The second kappa shape index (κ2) is 10.7. The number of fused-ring (bicyclic) bond motifs is 10. The number of hydrogen-bond donors (Lipinski definition) is 0. The van der Waals surface area contributed by atoms with E-state index in [0.29, 0.717) is 11.8 Å². The first-order chi connectivity index (χ1) is 23.3. The van der Waals surface area contributed by atoms with Crippen molar-refractivity contribution in [3.8, 4) is 11.3 Å². The van der Waals surface area contributed by atoms with E-state index in [0.717, 1.165) is 55.7 Å². The summed E-state index contributed by atoms with van der Waals surface area (Å²) in [6.45, 7) is 2.47. The van der Waals surface area contributed by atoms with E-state index in [1.165, 1.54) is 64.1 Å². The van der Waals surface area contributed by atoms with Crippen LogP contribution >= 0.6 is 0 Å². The molecule has 4 aliphatic carbocycles. The van der Waals surface area contributed by atoms with Crippen LogP contribution in [-0.2, 0) is 19.3 Å². The lowest BCUT2D eigenvalue weighted by molar-refractivity contribution is 0.482. The van der Waals surface area contributed by atoms with Crippen LogP contribution in [0.3, 0.4) is 0 Å². The van der Waals surface area contributed by atoms with Gasteiger partial charge in [-0.05, 0) is 104 Å². The molecule has 2 aromatic heterocycles. The first-order valence-electron chi connectivity index (χ1n) is 17.8. The number of hydrogen-bond acceptors (Lipinski definition) is 3. The van der Waals surface area contributed by atoms with Crippen LogP contribution in [0.25, 0.3) is 33.9 Å². The van der Waals surface area contributed by atoms with Crippen molar-refractivity contribution in [1.29, 1.82) is 0 Å². The molecule has 4 heteroatoms. The minimum Gasteiger partial charge on any atom is -0.315 e. The van der Waals surface area contributed by atoms with Crippen molar-refractivity contribution in [1.82, 2.24) is 14.5 Å². The van der Waals surface area contributed by atoms with Gasteiger partial charge in [0, 0.05) is 33.8 Å². The first-order valence-corrected chi connectivity index (χ1v) is 17.8. The van der Waals surface area contributed by atoms with Crippen molar-refractivity contribution in [2.45, 2.75) is 82.6 Å². The monoisotopic (exact) mass is 612 g/mol. The number of anilines is 2. The second-order valence-electron chi connectivity index (χ2n) is 14.2. The third-order valence-electron chi connectivity index (χ3n) is 11.6. The largest absolute Gasteiger partial charge is 0.315 e. The molecular formula is C43H40N4. The molecule has 0 radical (unpaired) electrons. The molecule has 0 spiro atoms. The van der Waals surface area contributed by atoms with Gasteiger partial charge in [0.2, 0.25) is 5.95 Å². The summed E-state index contributed by atoms with van der Waals surface area (Å²) >= 11 is 0. The Morgan fingerprint density at radius 2 is 1.66 bits per heavy atom. The van der Waals surface area contributed by atoms with Crippen LogP contribution in [0.2, 0.25) is 0 Å². The number of allylic oxidation sites excluding steroid dienone is 5. The van der Waals surface area contributed by atoms with Crippen molar-refractivity contribution in [2.75, 3.05) is 4.90 Å². The van der Waals surface area contributed by atoms with Crippen LogP contribution in [0.4, 0.5) is 11.6 Å². The minimum atomic E-state index is 0.134. The molecule has 10 rings (SSSR count). The normalized spacial score (nSPS) is 22.4. The smallest absolute Gasteiger partial charge is 0.231 e. The van der Waals surface area contributed by atoms with Gasteiger partial charge in [0.05, 0.1) is 28.6 Å². The number of aromatic nitrogens is 3. The van der Waals surface area contributed by atoms with E-state index in [1.807, 2.05) is 0 Å². The lowest BCUT2D eigenvalue weighted by Gasteiger charge is -2.35. The SMILES string of the molecule is CC1CCCc2ccc3c(c21)C1CCc2c(n(C4=CC=CCC4)c4ccccc24)C1N3c1nc2c(c(-c3ccccc3)n1)C=CCC2.